The Morgan fingerprint density at radius 2 is 1.50 bits per heavy atom. The Balaban J connectivity index is 1.84. The van der Waals surface area contributed by atoms with Crippen LogP contribution in [-0.4, -0.2) is 43.8 Å². The molecule has 2 atom stereocenters. The van der Waals surface area contributed by atoms with E-state index in [1.807, 2.05) is 63.2 Å². The van der Waals surface area contributed by atoms with Gasteiger partial charge in [0.1, 0.15) is 12.6 Å². The van der Waals surface area contributed by atoms with Crippen molar-refractivity contribution >= 4 is 50.7 Å². The molecule has 0 saturated heterocycles. The summed E-state index contributed by atoms with van der Waals surface area (Å²) in [7, 11) is -4.21. The summed E-state index contributed by atoms with van der Waals surface area (Å²) < 4.78 is 29.7. The van der Waals surface area contributed by atoms with Gasteiger partial charge in [0.25, 0.3) is 10.0 Å². The zero-order valence-electron chi connectivity index (χ0n) is 28.0. The number of aryl methyl sites for hydroxylation is 1. The average molecular weight is 709 g/mol. The molecule has 0 heterocycles. The monoisotopic (exact) mass is 707 g/mol. The van der Waals surface area contributed by atoms with Crippen LogP contribution in [0, 0.1) is 6.92 Å². The summed E-state index contributed by atoms with van der Waals surface area (Å²) >= 11 is 12.8. The fourth-order valence-electron chi connectivity index (χ4n) is 5.22. The smallest absolute Gasteiger partial charge is 0.264 e. The fourth-order valence-corrected chi connectivity index (χ4v) is 7.10. The molecule has 4 aromatic rings. The van der Waals surface area contributed by atoms with Crippen molar-refractivity contribution in [2.24, 2.45) is 0 Å². The van der Waals surface area contributed by atoms with E-state index in [0.29, 0.717) is 27.7 Å². The average Bonchev–Trinajstić information content (AvgIpc) is 3.06. The predicted molar refractivity (Wildman–Crippen MR) is 195 cm³/mol. The summed E-state index contributed by atoms with van der Waals surface area (Å²) in [6, 6.07) is 26.9. The highest BCUT2D eigenvalue weighted by Crippen LogP contribution is 2.28. The van der Waals surface area contributed by atoms with Gasteiger partial charge >= 0.3 is 0 Å². The number of amides is 2. The van der Waals surface area contributed by atoms with Crippen LogP contribution >= 0.6 is 23.2 Å². The zero-order chi connectivity index (χ0) is 35.0. The number of benzene rings is 4. The first-order valence-electron chi connectivity index (χ1n) is 16.1. The van der Waals surface area contributed by atoms with Crippen molar-refractivity contribution in [2.45, 2.75) is 76.9 Å². The molecule has 0 unspecified atom stereocenters. The highest BCUT2D eigenvalue weighted by molar-refractivity contribution is 7.92. The number of anilines is 1. The second-order valence-electron chi connectivity index (χ2n) is 12.4. The van der Waals surface area contributed by atoms with E-state index in [9.17, 15) is 18.0 Å². The number of nitrogens with zero attached hydrogens (tertiary/aromatic N) is 2. The fraction of sp³-hybridized carbons (Fsp3) is 0.316. The first kappa shape index (κ1) is 37.0. The molecule has 0 aliphatic rings. The van der Waals surface area contributed by atoms with Crippen LogP contribution in [0.3, 0.4) is 0 Å². The summed E-state index contributed by atoms with van der Waals surface area (Å²) in [4.78, 5) is 30.2. The van der Waals surface area contributed by atoms with Gasteiger partial charge in [-0.05, 0) is 79.3 Å². The third-order valence-electron chi connectivity index (χ3n) is 8.36. The van der Waals surface area contributed by atoms with E-state index in [4.69, 9.17) is 23.2 Å². The third-order valence-corrected chi connectivity index (χ3v) is 10.7. The number of carbonyl (C=O) groups excluding carboxylic acids is 2. The Bertz CT molecular complexity index is 1800. The molecule has 0 aliphatic carbocycles. The largest absolute Gasteiger partial charge is 0.352 e. The highest BCUT2D eigenvalue weighted by atomic mass is 35.5. The van der Waals surface area contributed by atoms with Crippen molar-refractivity contribution in [3.63, 3.8) is 0 Å². The summed E-state index contributed by atoms with van der Waals surface area (Å²) in [5, 5.41) is 3.80. The molecule has 4 aromatic carbocycles. The SMILES string of the molecule is CC[C@H](C)NC(=O)[C@@H](Cc1ccccc1)N(Cc1ccc(Cl)cc1Cl)C(=O)CN(c1ccc(C(C)C)cc1)S(=O)(=O)c1ccc(C)cc1. The molecule has 7 nitrogen and oxygen atoms in total. The number of halogens is 2. The van der Waals surface area contributed by atoms with Crippen molar-refractivity contribution in [2.75, 3.05) is 10.8 Å². The first-order chi connectivity index (χ1) is 22.8. The summed E-state index contributed by atoms with van der Waals surface area (Å²) in [6.45, 7) is 9.24. The summed E-state index contributed by atoms with van der Waals surface area (Å²) in [5.41, 5.74) is 3.68. The Hall–Kier alpha value is -3.85. The van der Waals surface area contributed by atoms with Crippen molar-refractivity contribution in [1.29, 1.82) is 0 Å². The zero-order valence-corrected chi connectivity index (χ0v) is 30.3. The minimum Gasteiger partial charge on any atom is -0.352 e. The van der Waals surface area contributed by atoms with Crippen LogP contribution in [0.15, 0.2) is 102 Å². The first-order valence-corrected chi connectivity index (χ1v) is 18.3. The maximum Gasteiger partial charge on any atom is 0.264 e. The molecule has 10 heteroatoms. The van der Waals surface area contributed by atoms with Gasteiger partial charge in [-0.3, -0.25) is 13.9 Å². The van der Waals surface area contributed by atoms with Crippen LogP contribution in [-0.2, 0) is 32.6 Å². The Kier molecular flexibility index (Phi) is 12.7. The minimum atomic E-state index is -4.21. The number of rotatable bonds is 14. The summed E-state index contributed by atoms with van der Waals surface area (Å²) in [5.74, 6) is -0.684. The second kappa shape index (κ2) is 16.5. The van der Waals surface area contributed by atoms with Gasteiger partial charge in [-0.25, -0.2) is 8.42 Å². The highest BCUT2D eigenvalue weighted by Gasteiger charge is 2.35. The Morgan fingerprint density at radius 3 is 2.08 bits per heavy atom. The number of nitrogens with one attached hydrogen (secondary N) is 1. The van der Waals surface area contributed by atoms with Crippen LogP contribution < -0.4 is 9.62 Å². The van der Waals surface area contributed by atoms with Crippen molar-refractivity contribution in [3.05, 3.63) is 129 Å². The molecular formula is C38H43Cl2N3O4S. The number of sulfonamides is 1. The van der Waals surface area contributed by atoms with E-state index in [2.05, 4.69) is 19.2 Å². The van der Waals surface area contributed by atoms with E-state index in [-0.39, 0.29) is 35.7 Å². The lowest BCUT2D eigenvalue weighted by Crippen LogP contribution is -2.54. The Labute approximate surface area is 294 Å². The van der Waals surface area contributed by atoms with Gasteiger partial charge in [0, 0.05) is 29.1 Å². The lowest BCUT2D eigenvalue weighted by atomic mass is 10.0. The molecule has 2 amide bonds. The van der Waals surface area contributed by atoms with Gasteiger partial charge in [-0.2, -0.15) is 0 Å². The van der Waals surface area contributed by atoms with Crippen LogP contribution in [0.4, 0.5) is 5.69 Å². The molecule has 0 aliphatic heterocycles. The molecule has 4 rings (SSSR count). The molecule has 0 saturated carbocycles. The van der Waals surface area contributed by atoms with Crippen molar-refractivity contribution < 1.29 is 18.0 Å². The number of hydrogen-bond donors (Lipinski definition) is 1. The quantitative estimate of drug-likeness (QED) is 0.143. The topological polar surface area (TPSA) is 86.8 Å². The van der Waals surface area contributed by atoms with E-state index < -0.39 is 28.5 Å². The van der Waals surface area contributed by atoms with E-state index in [0.717, 1.165) is 21.0 Å². The van der Waals surface area contributed by atoms with Gasteiger partial charge in [0.05, 0.1) is 10.6 Å². The molecule has 0 aromatic heterocycles. The number of carbonyl (C=O) groups is 2. The maximum absolute atomic E-state index is 14.7. The van der Waals surface area contributed by atoms with Crippen molar-refractivity contribution in [1.82, 2.24) is 10.2 Å². The van der Waals surface area contributed by atoms with Gasteiger partial charge in [0.2, 0.25) is 11.8 Å². The van der Waals surface area contributed by atoms with E-state index in [1.54, 1.807) is 42.5 Å². The van der Waals surface area contributed by atoms with Gasteiger partial charge in [-0.1, -0.05) is 110 Å². The maximum atomic E-state index is 14.7. The summed E-state index contributed by atoms with van der Waals surface area (Å²) in [6.07, 6.45) is 0.892. The number of hydrogen-bond acceptors (Lipinski definition) is 4. The van der Waals surface area contributed by atoms with Gasteiger partial charge < -0.3 is 10.2 Å². The van der Waals surface area contributed by atoms with E-state index >= 15 is 0 Å². The predicted octanol–water partition coefficient (Wildman–Crippen LogP) is 8.18. The molecule has 254 valence electrons. The third kappa shape index (κ3) is 9.40. The van der Waals surface area contributed by atoms with Crippen molar-refractivity contribution in [3.8, 4) is 0 Å². The van der Waals surface area contributed by atoms with E-state index in [1.165, 1.54) is 17.0 Å². The lowest BCUT2D eigenvalue weighted by Gasteiger charge is -2.34. The molecule has 0 radical (unpaired) electrons. The van der Waals surface area contributed by atoms with Gasteiger partial charge in [0.15, 0.2) is 0 Å². The minimum absolute atomic E-state index is 0.0506. The molecule has 0 spiro atoms. The molecule has 0 fully saturated rings. The van der Waals surface area contributed by atoms with Crippen LogP contribution in [0.5, 0.6) is 0 Å². The van der Waals surface area contributed by atoms with Gasteiger partial charge in [-0.15, -0.1) is 0 Å². The normalized spacial score (nSPS) is 12.8. The molecular weight excluding hydrogens is 665 g/mol. The van der Waals surface area contributed by atoms with Crippen LogP contribution in [0.2, 0.25) is 10.0 Å². The van der Waals surface area contributed by atoms with Crippen LogP contribution in [0.25, 0.3) is 0 Å². The molecule has 1 N–H and O–H groups in total. The lowest BCUT2D eigenvalue weighted by molar-refractivity contribution is -0.140. The second-order valence-corrected chi connectivity index (χ2v) is 15.1. The Morgan fingerprint density at radius 1 is 0.854 bits per heavy atom. The standard InChI is InChI=1S/C38H43Cl2N3O4S/c1-6-28(5)41-38(45)36(22-29-10-8-7-9-11-29)42(24-31-14-17-32(39)23-35(31)40)37(44)25-43(33-18-15-30(16-19-33)26(2)3)48(46,47)34-20-12-27(4)13-21-34/h7-21,23,26,28,36H,6,22,24-25H2,1-5H3,(H,41,45)/t28-,36+/m0/s1. The molecule has 48 heavy (non-hydrogen) atoms. The van der Waals surface area contributed by atoms with Crippen LogP contribution in [0.1, 0.15) is 62.3 Å². The molecule has 0 bridgehead atoms.